The molecule has 19 heavy (non-hydrogen) atoms. The quantitative estimate of drug-likeness (QED) is 0.672. The third kappa shape index (κ3) is 3.55. The molecule has 0 saturated heterocycles. The summed E-state index contributed by atoms with van der Waals surface area (Å²) in [5.74, 6) is 1.00. The van der Waals surface area contributed by atoms with Crippen LogP contribution in [0.2, 0.25) is 5.02 Å². The SMILES string of the molecule is COc1ccc(Cl)cc1CSc1ccc(N)cc1F. The average molecular weight is 298 g/mol. The molecule has 0 spiro atoms. The van der Waals surface area contributed by atoms with E-state index in [4.69, 9.17) is 22.1 Å². The summed E-state index contributed by atoms with van der Waals surface area (Å²) >= 11 is 7.33. The number of nitrogens with two attached hydrogens (primary N) is 1. The van der Waals surface area contributed by atoms with Gasteiger partial charge in [0, 0.05) is 26.9 Å². The third-order valence-corrected chi connectivity index (χ3v) is 3.91. The highest BCUT2D eigenvalue weighted by Gasteiger charge is 2.08. The van der Waals surface area contributed by atoms with Crippen LogP contribution in [0.5, 0.6) is 5.75 Å². The number of benzene rings is 2. The number of thioether (sulfide) groups is 1. The van der Waals surface area contributed by atoms with E-state index in [1.54, 1.807) is 31.4 Å². The highest BCUT2D eigenvalue weighted by atomic mass is 35.5. The van der Waals surface area contributed by atoms with Crippen molar-refractivity contribution in [3.8, 4) is 5.75 Å². The van der Waals surface area contributed by atoms with Crippen LogP contribution in [0.15, 0.2) is 41.3 Å². The number of hydrogen-bond acceptors (Lipinski definition) is 3. The van der Waals surface area contributed by atoms with Crippen molar-refractivity contribution >= 4 is 29.1 Å². The highest BCUT2D eigenvalue weighted by molar-refractivity contribution is 7.98. The summed E-state index contributed by atoms with van der Waals surface area (Å²) in [4.78, 5) is 0.552. The van der Waals surface area contributed by atoms with Crippen molar-refractivity contribution in [3.63, 3.8) is 0 Å². The fourth-order valence-corrected chi connectivity index (χ4v) is 2.74. The van der Waals surface area contributed by atoms with Gasteiger partial charge in [0.25, 0.3) is 0 Å². The molecule has 5 heteroatoms. The topological polar surface area (TPSA) is 35.2 Å². The molecule has 0 aromatic heterocycles. The zero-order valence-corrected chi connectivity index (χ0v) is 11.9. The Bertz CT molecular complexity index is 592. The van der Waals surface area contributed by atoms with Crippen LogP contribution in [0, 0.1) is 5.82 Å². The zero-order chi connectivity index (χ0) is 13.8. The number of hydrogen-bond donors (Lipinski definition) is 1. The van der Waals surface area contributed by atoms with Gasteiger partial charge in [-0.3, -0.25) is 0 Å². The molecule has 0 amide bonds. The maximum absolute atomic E-state index is 13.7. The highest BCUT2D eigenvalue weighted by Crippen LogP contribution is 2.31. The fourth-order valence-electron chi connectivity index (χ4n) is 1.65. The van der Waals surface area contributed by atoms with Crippen molar-refractivity contribution in [1.82, 2.24) is 0 Å². The van der Waals surface area contributed by atoms with Crippen molar-refractivity contribution in [2.45, 2.75) is 10.6 Å². The summed E-state index contributed by atoms with van der Waals surface area (Å²) in [7, 11) is 1.60. The lowest BCUT2D eigenvalue weighted by Crippen LogP contribution is -1.92. The van der Waals surface area contributed by atoms with E-state index >= 15 is 0 Å². The van der Waals surface area contributed by atoms with Gasteiger partial charge in [-0.25, -0.2) is 4.39 Å². The minimum Gasteiger partial charge on any atom is -0.496 e. The smallest absolute Gasteiger partial charge is 0.138 e. The normalized spacial score (nSPS) is 10.5. The Morgan fingerprint density at radius 1 is 1.26 bits per heavy atom. The number of methoxy groups -OCH3 is 1. The van der Waals surface area contributed by atoms with E-state index in [2.05, 4.69) is 0 Å². The first-order valence-electron chi connectivity index (χ1n) is 5.60. The van der Waals surface area contributed by atoms with Gasteiger partial charge >= 0.3 is 0 Å². The second kappa shape index (κ2) is 6.17. The molecule has 0 bridgehead atoms. The lowest BCUT2D eigenvalue weighted by molar-refractivity contribution is 0.411. The van der Waals surface area contributed by atoms with E-state index in [9.17, 15) is 4.39 Å². The molecule has 2 N–H and O–H groups in total. The van der Waals surface area contributed by atoms with Gasteiger partial charge in [0.1, 0.15) is 11.6 Å². The molecule has 0 aliphatic heterocycles. The molecule has 0 saturated carbocycles. The fraction of sp³-hybridized carbons (Fsp3) is 0.143. The first kappa shape index (κ1) is 14.0. The summed E-state index contributed by atoms with van der Waals surface area (Å²) in [6, 6.07) is 10.1. The van der Waals surface area contributed by atoms with Gasteiger partial charge in [-0.05, 0) is 36.4 Å². The van der Waals surface area contributed by atoms with Gasteiger partial charge < -0.3 is 10.5 Å². The van der Waals surface area contributed by atoms with Gasteiger partial charge in [0.2, 0.25) is 0 Å². The number of halogens is 2. The minimum atomic E-state index is -0.314. The largest absolute Gasteiger partial charge is 0.496 e. The second-order valence-electron chi connectivity index (χ2n) is 3.93. The van der Waals surface area contributed by atoms with E-state index in [0.717, 1.165) is 11.3 Å². The Morgan fingerprint density at radius 2 is 2.05 bits per heavy atom. The van der Waals surface area contributed by atoms with Crippen LogP contribution >= 0.6 is 23.4 Å². The summed E-state index contributed by atoms with van der Waals surface area (Å²) in [5, 5.41) is 0.633. The third-order valence-electron chi connectivity index (χ3n) is 2.58. The van der Waals surface area contributed by atoms with Gasteiger partial charge in [0.15, 0.2) is 0 Å². The van der Waals surface area contributed by atoms with E-state index in [-0.39, 0.29) is 5.82 Å². The molecule has 2 aromatic rings. The summed E-state index contributed by atoms with van der Waals surface area (Å²) in [6.45, 7) is 0. The van der Waals surface area contributed by atoms with Crippen LogP contribution in [-0.2, 0) is 5.75 Å². The van der Waals surface area contributed by atoms with Gasteiger partial charge in [0.05, 0.1) is 7.11 Å². The van der Waals surface area contributed by atoms with E-state index in [1.807, 2.05) is 6.07 Å². The maximum atomic E-state index is 13.7. The lowest BCUT2D eigenvalue weighted by atomic mass is 10.2. The Kier molecular flexibility index (Phi) is 4.56. The minimum absolute atomic E-state index is 0.314. The number of anilines is 1. The predicted octanol–water partition coefficient (Wildman–Crippen LogP) is 4.36. The summed E-state index contributed by atoms with van der Waals surface area (Å²) < 4.78 is 18.9. The Hall–Kier alpha value is -1.39. The molecule has 100 valence electrons. The summed E-state index contributed by atoms with van der Waals surface area (Å²) in [6.07, 6.45) is 0. The van der Waals surface area contributed by atoms with Gasteiger partial charge in [-0.15, -0.1) is 11.8 Å². The van der Waals surface area contributed by atoms with Crippen molar-refractivity contribution < 1.29 is 9.13 Å². The molecule has 2 aromatic carbocycles. The predicted molar refractivity (Wildman–Crippen MR) is 78.4 cm³/mol. The van der Waals surface area contributed by atoms with Crippen LogP contribution in [0.3, 0.4) is 0 Å². The molecule has 0 fully saturated rings. The molecule has 0 unspecified atom stereocenters. The van der Waals surface area contributed by atoms with Crippen LogP contribution in [0.1, 0.15) is 5.56 Å². The van der Waals surface area contributed by atoms with Crippen LogP contribution in [-0.4, -0.2) is 7.11 Å². The van der Waals surface area contributed by atoms with Crippen molar-refractivity contribution in [1.29, 1.82) is 0 Å². The molecular formula is C14H13ClFNOS. The maximum Gasteiger partial charge on any atom is 0.138 e. The molecule has 0 aliphatic rings. The molecule has 0 aliphatic carbocycles. The summed E-state index contributed by atoms with van der Waals surface area (Å²) in [5.41, 5.74) is 6.86. The Morgan fingerprint density at radius 3 is 2.74 bits per heavy atom. The number of nitrogen functional groups attached to an aromatic ring is 1. The molecule has 2 rings (SSSR count). The number of rotatable bonds is 4. The van der Waals surface area contributed by atoms with Gasteiger partial charge in [-0.2, -0.15) is 0 Å². The first-order valence-corrected chi connectivity index (χ1v) is 6.96. The molecule has 0 radical (unpaired) electrons. The number of ether oxygens (including phenoxy) is 1. The molecule has 0 heterocycles. The molecular weight excluding hydrogens is 285 g/mol. The van der Waals surface area contributed by atoms with Crippen molar-refractivity contribution in [2.75, 3.05) is 12.8 Å². The first-order chi connectivity index (χ1) is 9.10. The van der Waals surface area contributed by atoms with E-state index in [1.165, 1.54) is 17.8 Å². The Labute approximate surface area is 120 Å². The standard InChI is InChI=1S/C14H13ClFNOS/c1-18-13-4-2-10(15)6-9(13)8-19-14-5-3-11(17)7-12(14)16/h2-7H,8,17H2,1H3. The molecule has 2 nitrogen and oxygen atoms in total. The van der Waals surface area contributed by atoms with Gasteiger partial charge in [-0.1, -0.05) is 11.6 Å². The van der Waals surface area contributed by atoms with Crippen molar-refractivity contribution in [3.05, 3.63) is 52.8 Å². The second-order valence-corrected chi connectivity index (χ2v) is 5.39. The lowest BCUT2D eigenvalue weighted by Gasteiger charge is -2.09. The van der Waals surface area contributed by atoms with Crippen molar-refractivity contribution in [2.24, 2.45) is 0 Å². The average Bonchev–Trinajstić information content (AvgIpc) is 2.38. The van der Waals surface area contributed by atoms with E-state index in [0.29, 0.717) is 21.4 Å². The van der Waals surface area contributed by atoms with Crippen LogP contribution < -0.4 is 10.5 Å². The Balaban J connectivity index is 2.16. The monoisotopic (exact) mass is 297 g/mol. The molecule has 0 atom stereocenters. The van der Waals surface area contributed by atoms with Crippen LogP contribution in [0.4, 0.5) is 10.1 Å². The van der Waals surface area contributed by atoms with E-state index < -0.39 is 0 Å². The van der Waals surface area contributed by atoms with Crippen LogP contribution in [0.25, 0.3) is 0 Å². The zero-order valence-electron chi connectivity index (χ0n) is 10.3.